The van der Waals surface area contributed by atoms with Crippen molar-refractivity contribution in [2.24, 2.45) is 0 Å². The molecule has 0 atom stereocenters. The van der Waals surface area contributed by atoms with Gasteiger partial charge in [0, 0.05) is 17.8 Å². The van der Waals surface area contributed by atoms with Gasteiger partial charge in [-0.15, -0.1) is 0 Å². The SMILES string of the molecule is CC(=CCCNC(=O)Nc1ccccc1)C(=O)O. The lowest BCUT2D eigenvalue weighted by molar-refractivity contribution is -0.132. The van der Waals surface area contributed by atoms with E-state index in [-0.39, 0.29) is 11.6 Å². The first-order chi connectivity index (χ1) is 8.59. The highest BCUT2D eigenvalue weighted by molar-refractivity contribution is 5.89. The van der Waals surface area contributed by atoms with Crippen molar-refractivity contribution in [1.82, 2.24) is 5.32 Å². The van der Waals surface area contributed by atoms with Gasteiger partial charge in [0.1, 0.15) is 0 Å². The van der Waals surface area contributed by atoms with Gasteiger partial charge in [-0.3, -0.25) is 0 Å². The van der Waals surface area contributed by atoms with E-state index in [0.717, 1.165) is 0 Å². The van der Waals surface area contributed by atoms with E-state index in [4.69, 9.17) is 5.11 Å². The van der Waals surface area contributed by atoms with Crippen molar-refractivity contribution in [2.75, 3.05) is 11.9 Å². The van der Waals surface area contributed by atoms with Crippen LogP contribution in [-0.4, -0.2) is 23.7 Å². The Morgan fingerprint density at radius 1 is 1.28 bits per heavy atom. The molecule has 2 amide bonds. The van der Waals surface area contributed by atoms with E-state index in [1.807, 2.05) is 18.2 Å². The highest BCUT2D eigenvalue weighted by Crippen LogP contribution is 2.04. The lowest BCUT2D eigenvalue weighted by atomic mass is 10.2. The van der Waals surface area contributed by atoms with Gasteiger partial charge in [0.05, 0.1) is 0 Å². The van der Waals surface area contributed by atoms with Gasteiger partial charge < -0.3 is 15.7 Å². The third kappa shape index (κ3) is 5.16. The molecule has 18 heavy (non-hydrogen) atoms. The second kappa shape index (κ2) is 7.11. The number of aliphatic carboxylic acids is 1. The Morgan fingerprint density at radius 2 is 1.94 bits per heavy atom. The molecule has 0 aliphatic carbocycles. The Morgan fingerprint density at radius 3 is 2.56 bits per heavy atom. The molecule has 0 bridgehead atoms. The zero-order valence-corrected chi connectivity index (χ0v) is 10.1. The molecule has 0 unspecified atom stereocenters. The number of para-hydroxylation sites is 1. The summed E-state index contributed by atoms with van der Waals surface area (Å²) in [6.45, 7) is 1.91. The molecule has 1 aromatic rings. The average Bonchev–Trinajstić information content (AvgIpc) is 2.35. The monoisotopic (exact) mass is 248 g/mol. The molecule has 0 spiro atoms. The number of rotatable bonds is 5. The second-order valence-corrected chi connectivity index (χ2v) is 3.73. The summed E-state index contributed by atoms with van der Waals surface area (Å²) >= 11 is 0. The molecule has 96 valence electrons. The summed E-state index contributed by atoms with van der Waals surface area (Å²) in [5.74, 6) is -0.941. The molecule has 5 nitrogen and oxygen atoms in total. The van der Waals surface area contributed by atoms with Crippen LogP contribution in [0.4, 0.5) is 10.5 Å². The van der Waals surface area contributed by atoms with Crippen molar-refractivity contribution < 1.29 is 14.7 Å². The minimum Gasteiger partial charge on any atom is -0.478 e. The van der Waals surface area contributed by atoms with Crippen LogP contribution < -0.4 is 10.6 Å². The van der Waals surface area contributed by atoms with Crippen LogP contribution in [0.3, 0.4) is 0 Å². The van der Waals surface area contributed by atoms with Crippen LogP contribution in [0.15, 0.2) is 42.0 Å². The molecular formula is C13H16N2O3. The number of carboxylic acid groups (broad SMARTS) is 1. The molecule has 0 fully saturated rings. The molecule has 3 N–H and O–H groups in total. The molecule has 0 aliphatic heterocycles. The van der Waals surface area contributed by atoms with Gasteiger partial charge in [0.25, 0.3) is 0 Å². The number of carbonyl (C=O) groups excluding carboxylic acids is 1. The molecule has 1 aromatic carbocycles. The summed E-state index contributed by atoms with van der Waals surface area (Å²) in [6, 6.07) is 8.79. The Balaban J connectivity index is 2.26. The van der Waals surface area contributed by atoms with Gasteiger partial charge in [0.2, 0.25) is 0 Å². The number of hydrogen-bond donors (Lipinski definition) is 3. The number of carbonyl (C=O) groups is 2. The van der Waals surface area contributed by atoms with Crippen molar-refractivity contribution in [3.05, 3.63) is 42.0 Å². The first-order valence-electron chi connectivity index (χ1n) is 5.59. The Hall–Kier alpha value is -2.30. The lowest BCUT2D eigenvalue weighted by Crippen LogP contribution is -2.29. The number of anilines is 1. The molecular weight excluding hydrogens is 232 g/mol. The fourth-order valence-corrected chi connectivity index (χ4v) is 1.26. The largest absolute Gasteiger partial charge is 0.478 e. The molecule has 0 saturated carbocycles. The summed E-state index contributed by atoms with van der Waals surface area (Å²) in [5, 5.41) is 13.9. The van der Waals surface area contributed by atoms with E-state index in [2.05, 4.69) is 10.6 Å². The number of urea groups is 1. The zero-order chi connectivity index (χ0) is 13.4. The van der Waals surface area contributed by atoms with Gasteiger partial charge in [-0.2, -0.15) is 0 Å². The minimum absolute atomic E-state index is 0.278. The topological polar surface area (TPSA) is 78.4 Å². The Kier molecular flexibility index (Phi) is 5.44. The number of benzene rings is 1. The predicted octanol–water partition coefficient (Wildman–Crippen LogP) is 2.23. The zero-order valence-electron chi connectivity index (χ0n) is 10.1. The van der Waals surface area contributed by atoms with Crippen LogP contribution in [0, 0.1) is 0 Å². The van der Waals surface area contributed by atoms with Crippen LogP contribution in [0.2, 0.25) is 0 Å². The molecule has 0 radical (unpaired) electrons. The van der Waals surface area contributed by atoms with E-state index >= 15 is 0 Å². The van der Waals surface area contributed by atoms with E-state index in [0.29, 0.717) is 18.7 Å². The highest BCUT2D eigenvalue weighted by Gasteiger charge is 2.00. The fraction of sp³-hybridized carbons (Fsp3) is 0.231. The summed E-state index contributed by atoms with van der Waals surface area (Å²) in [4.78, 5) is 21.9. The Labute approximate surface area is 106 Å². The van der Waals surface area contributed by atoms with Crippen LogP contribution in [0.25, 0.3) is 0 Å². The van der Waals surface area contributed by atoms with Crippen molar-refractivity contribution in [1.29, 1.82) is 0 Å². The summed E-state index contributed by atoms with van der Waals surface area (Å²) < 4.78 is 0. The van der Waals surface area contributed by atoms with Crippen LogP contribution in [0.5, 0.6) is 0 Å². The molecule has 0 saturated heterocycles. The highest BCUT2D eigenvalue weighted by atomic mass is 16.4. The minimum atomic E-state index is -0.941. The maximum Gasteiger partial charge on any atom is 0.330 e. The van der Waals surface area contributed by atoms with Crippen molar-refractivity contribution in [3.8, 4) is 0 Å². The van der Waals surface area contributed by atoms with Gasteiger partial charge in [-0.1, -0.05) is 24.3 Å². The average molecular weight is 248 g/mol. The summed E-state index contributed by atoms with van der Waals surface area (Å²) in [5.41, 5.74) is 0.993. The first kappa shape index (κ1) is 13.8. The lowest BCUT2D eigenvalue weighted by Gasteiger charge is -2.06. The van der Waals surface area contributed by atoms with E-state index in [1.165, 1.54) is 6.92 Å². The smallest absolute Gasteiger partial charge is 0.330 e. The Bertz CT molecular complexity index is 441. The number of carboxylic acids is 1. The van der Waals surface area contributed by atoms with Gasteiger partial charge in [-0.25, -0.2) is 9.59 Å². The van der Waals surface area contributed by atoms with Crippen LogP contribution in [0.1, 0.15) is 13.3 Å². The predicted molar refractivity (Wildman–Crippen MR) is 69.5 cm³/mol. The van der Waals surface area contributed by atoms with Gasteiger partial charge in [0.15, 0.2) is 0 Å². The fourth-order valence-electron chi connectivity index (χ4n) is 1.26. The van der Waals surface area contributed by atoms with E-state index < -0.39 is 5.97 Å². The van der Waals surface area contributed by atoms with Gasteiger partial charge >= 0.3 is 12.0 Å². The first-order valence-corrected chi connectivity index (χ1v) is 5.59. The standard InChI is InChI=1S/C13H16N2O3/c1-10(12(16)17)6-5-9-14-13(18)15-11-7-3-2-4-8-11/h2-4,6-8H,5,9H2,1H3,(H,16,17)(H2,14,15,18). The second-order valence-electron chi connectivity index (χ2n) is 3.73. The normalized spacial score (nSPS) is 10.8. The van der Waals surface area contributed by atoms with Crippen molar-refractivity contribution in [3.63, 3.8) is 0 Å². The molecule has 0 aliphatic rings. The van der Waals surface area contributed by atoms with Crippen molar-refractivity contribution in [2.45, 2.75) is 13.3 Å². The number of nitrogens with one attached hydrogen (secondary N) is 2. The third-order valence-electron chi connectivity index (χ3n) is 2.25. The summed E-state index contributed by atoms with van der Waals surface area (Å²) in [6.07, 6.45) is 2.06. The molecule has 0 heterocycles. The van der Waals surface area contributed by atoms with E-state index in [1.54, 1.807) is 18.2 Å². The van der Waals surface area contributed by atoms with Crippen LogP contribution >= 0.6 is 0 Å². The quantitative estimate of drug-likeness (QED) is 0.552. The summed E-state index contributed by atoms with van der Waals surface area (Å²) in [7, 11) is 0. The maximum absolute atomic E-state index is 11.4. The van der Waals surface area contributed by atoms with Gasteiger partial charge in [-0.05, 0) is 25.5 Å². The number of amides is 2. The molecule has 0 aromatic heterocycles. The van der Waals surface area contributed by atoms with Crippen LogP contribution in [-0.2, 0) is 4.79 Å². The van der Waals surface area contributed by atoms with Crippen molar-refractivity contribution >= 4 is 17.7 Å². The maximum atomic E-state index is 11.4. The number of hydrogen-bond acceptors (Lipinski definition) is 2. The molecule has 5 heteroatoms. The third-order valence-corrected chi connectivity index (χ3v) is 2.25. The molecule has 1 rings (SSSR count). The van der Waals surface area contributed by atoms with E-state index in [9.17, 15) is 9.59 Å².